The Balaban J connectivity index is 2.57. The summed E-state index contributed by atoms with van der Waals surface area (Å²) in [5.74, 6) is 0.0507. The molecule has 1 unspecified atom stereocenters. The summed E-state index contributed by atoms with van der Waals surface area (Å²) in [5.41, 5.74) is 17.3. The van der Waals surface area contributed by atoms with Crippen LogP contribution in [0, 0.1) is 17.2 Å². The maximum absolute atomic E-state index is 12.2. The van der Waals surface area contributed by atoms with E-state index in [1.807, 2.05) is 0 Å². The lowest BCUT2D eigenvalue weighted by atomic mass is 9.79. The number of amides is 1. The Bertz CT molecular complexity index is 313. The molecule has 0 bridgehead atoms. The minimum Gasteiger partial charge on any atom is -0.354 e. The van der Waals surface area contributed by atoms with E-state index >= 15 is 0 Å². The Morgan fingerprint density at radius 2 is 1.85 bits per heavy atom. The number of rotatable bonds is 8. The van der Waals surface area contributed by atoms with Gasteiger partial charge in [-0.3, -0.25) is 4.79 Å². The summed E-state index contributed by atoms with van der Waals surface area (Å²) in [6, 6.07) is 0.305. The molecule has 1 aliphatic carbocycles. The smallest absolute Gasteiger partial charge is 0.228 e. The number of carbonyl (C=O) groups excluding carboxylic acids is 1. The lowest BCUT2D eigenvalue weighted by Gasteiger charge is -2.29. The first kappa shape index (κ1) is 17.1. The summed E-state index contributed by atoms with van der Waals surface area (Å²) in [4.78, 5) is 12.2. The Morgan fingerprint density at radius 1 is 1.20 bits per heavy atom. The number of hydrogen-bond donors (Lipinski definition) is 5. The van der Waals surface area contributed by atoms with Crippen molar-refractivity contribution in [1.82, 2.24) is 5.32 Å². The van der Waals surface area contributed by atoms with Crippen molar-refractivity contribution in [3.63, 3.8) is 0 Å². The molecule has 20 heavy (non-hydrogen) atoms. The molecule has 1 aliphatic rings. The Hall–Kier alpha value is -0.980. The van der Waals surface area contributed by atoms with Crippen LogP contribution in [0.15, 0.2) is 0 Å². The van der Waals surface area contributed by atoms with Crippen LogP contribution in [0.1, 0.15) is 38.5 Å². The third-order valence-corrected chi connectivity index (χ3v) is 4.05. The fourth-order valence-corrected chi connectivity index (χ4v) is 2.81. The van der Waals surface area contributed by atoms with E-state index in [0.717, 1.165) is 32.1 Å². The average molecular weight is 283 g/mol. The third-order valence-electron chi connectivity index (χ3n) is 4.05. The maximum atomic E-state index is 12.2. The molecule has 0 saturated heterocycles. The topological polar surface area (TPSA) is 131 Å². The van der Waals surface area contributed by atoms with Crippen molar-refractivity contribution in [2.75, 3.05) is 19.6 Å². The SMILES string of the molecule is N=C(CCN)C(CC1CCC(N)CC1)C(=O)NCCN. The lowest BCUT2D eigenvalue weighted by molar-refractivity contribution is -0.123. The molecule has 1 atom stereocenters. The van der Waals surface area contributed by atoms with Crippen molar-refractivity contribution in [3.8, 4) is 0 Å². The summed E-state index contributed by atoms with van der Waals surface area (Å²) in [7, 11) is 0. The van der Waals surface area contributed by atoms with E-state index in [0.29, 0.717) is 43.7 Å². The van der Waals surface area contributed by atoms with Crippen molar-refractivity contribution >= 4 is 11.6 Å². The monoisotopic (exact) mass is 283 g/mol. The maximum Gasteiger partial charge on any atom is 0.228 e. The predicted octanol–water partition coefficient (Wildman–Crippen LogP) is -0.0463. The molecule has 0 aliphatic heterocycles. The van der Waals surface area contributed by atoms with Gasteiger partial charge in [0, 0.05) is 24.8 Å². The second-order valence-electron chi connectivity index (χ2n) is 5.71. The van der Waals surface area contributed by atoms with Gasteiger partial charge in [-0.1, -0.05) is 0 Å². The zero-order valence-electron chi connectivity index (χ0n) is 12.2. The van der Waals surface area contributed by atoms with Crippen molar-refractivity contribution in [3.05, 3.63) is 0 Å². The molecule has 6 nitrogen and oxygen atoms in total. The van der Waals surface area contributed by atoms with Crippen LogP contribution < -0.4 is 22.5 Å². The average Bonchev–Trinajstić information content (AvgIpc) is 2.44. The van der Waals surface area contributed by atoms with Crippen LogP contribution in [-0.2, 0) is 4.79 Å². The van der Waals surface area contributed by atoms with Gasteiger partial charge in [-0.2, -0.15) is 0 Å². The normalized spacial score (nSPS) is 24.1. The first-order valence-electron chi connectivity index (χ1n) is 7.59. The Labute approximate surface area is 121 Å². The van der Waals surface area contributed by atoms with Crippen molar-refractivity contribution in [2.24, 2.45) is 29.0 Å². The van der Waals surface area contributed by atoms with Crippen molar-refractivity contribution in [2.45, 2.75) is 44.6 Å². The van der Waals surface area contributed by atoms with Crippen molar-refractivity contribution < 1.29 is 4.79 Å². The molecule has 0 spiro atoms. The van der Waals surface area contributed by atoms with Gasteiger partial charge in [-0.15, -0.1) is 0 Å². The molecule has 0 aromatic carbocycles. The van der Waals surface area contributed by atoms with Gasteiger partial charge in [0.05, 0.1) is 5.92 Å². The zero-order chi connectivity index (χ0) is 15.0. The van der Waals surface area contributed by atoms with Crippen LogP contribution >= 0.6 is 0 Å². The van der Waals surface area contributed by atoms with Crippen LogP contribution in [0.3, 0.4) is 0 Å². The van der Waals surface area contributed by atoms with E-state index in [4.69, 9.17) is 22.6 Å². The molecular weight excluding hydrogens is 254 g/mol. The highest BCUT2D eigenvalue weighted by atomic mass is 16.1. The highest BCUT2D eigenvalue weighted by Gasteiger charge is 2.28. The van der Waals surface area contributed by atoms with Gasteiger partial charge in [0.2, 0.25) is 5.91 Å². The lowest BCUT2D eigenvalue weighted by Crippen LogP contribution is -2.40. The molecule has 8 N–H and O–H groups in total. The number of nitrogens with one attached hydrogen (secondary N) is 2. The third kappa shape index (κ3) is 5.56. The van der Waals surface area contributed by atoms with E-state index in [-0.39, 0.29) is 11.8 Å². The van der Waals surface area contributed by atoms with E-state index in [1.165, 1.54) is 0 Å². The molecule has 1 fully saturated rings. The van der Waals surface area contributed by atoms with Gasteiger partial charge >= 0.3 is 0 Å². The summed E-state index contributed by atoms with van der Waals surface area (Å²) in [6.45, 7) is 1.29. The zero-order valence-corrected chi connectivity index (χ0v) is 12.2. The minimum absolute atomic E-state index is 0.0798. The summed E-state index contributed by atoms with van der Waals surface area (Å²) in [6.07, 6.45) is 5.36. The molecule has 116 valence electrons. The second kappa shape index (κ2) is 9.05. The standard InChI is InChI=1S/C14H29N5O/c15-6-5-13(18)12(14(20)19-8-7-16)9-10-1-3-11(17)4-2-10/h10-12,18H,1-9,15-17H2,(H,19,20). The van der Waals surface area contributed by atoms with E-state index in [1.54, 1.807) is 0 Å². The molecule has 1 saturated carbocycles. The minimum atomic E-state index is -0.357. The van der Waals surface area contributed by atoms with Crippen LogP contribution in [0.25, 0.3) is 0 Å². The molecule has 0 aromatic heterocycles. The fraction of sp³-hybridized carbons (Fsp3) is 0.857. The molecule has 0 radical (unpaired) electrons. The first-order chi connectivity index (χ1) is 9.58. The van der Waals surface area contributed by atoms with E-state index in [2.05, 4.69) is 5.32 Å². The highest BCUT2D eigenvalue weighted by molar-refractivity contribution is 6.02. The number of hydrogen-bond acceptors (Lipinski definition) is 5. The Morgan fingerprint density at radius 3 is 2.40 bits per heavy atom. The van der Waals surface area contributed by atoms with Gasteiger partial charge in [0.1, 0.15) is 0 Å². The van der Waals surface area contributed by atoms with Gasteiger partial charge in [0.25, 0.3) is 0 Å². The van der Waals surface area contributed by atoms with Crippen LogP contribution in [-0.4, -0.2) is 37.3 Å². The van der Waals surface area contributed by atoms with Gasteiger partial charge < -0.3 is 27.9 Å². The molecule has 0 aromatic rings. The second-order valence-corrected chi connectivity index (χ2v) is 5.71. The van der Waals surface area contributed by atoms with E-state index < -0.39 is 0 Å². The van der Waals surface area contributed by atoms with Crippen molar-refractivity contribution in [1.29, 1.82) is 5.41 Å². The predicted molar refractivity (Wildman–Crippen MR) is 81.5 cm³/mol. The molecule has 1 amide bonds. The van der Waals surface area contributed by atoms with Crippen LogP contribution in [0.2, 0.25) is 0 Å². The number of carbonyl (C=O) groups is 1. The molecule has 0 heterocycles. The molecule has 1 rings (SSSR count). The summed E-state index contributed by atoms with van der Waals surface area (Å²) < 4.78 is 0. The summed E-state index contributed by atoms with van der Waals surface area (Å²) >= 11 is 0. The highest BCUT2D eigenvalue weighted by Crippen LogP contribution is 2.29. The van der Waals surface area contributed by atoms with Crippen LogP contribution in [0.4, 0.5) is 0 Å². The van der Waals surface area contributed by atoms with Crippen LogP contribution in [0.5, 0.6) is 0 Å². The largest absolute Gasteiger partial charge is 0.354 e. The Kier molecular flexibility index (Phi) is 7.72. The molecular formula is C14H29N5O. The first-order valence-corrected chi connectivity index (χ1v) is 7.59. The molecule has 6 heteroatoms. The number of nitrogens with two attached hydrogens (primary N) is 3. The quantitative estimate of drug-likeness (QED) is 0.400. The van der Waals surface area contributed by atoms with Gasteiger partial charge in [-0.25, -0.2) is 0 Å². The van der Waals surface area contributed by atoms with Gasteiger partial charge in [0.15, 0.2) is 0 Å². The fourth-order valence-electron chi connectivity index (χ4n) is 2.81. The summed E-state index contributed by atoms with van der Waals surface area (Å²) in [5, 5.41) is 10.9. The van der Waals surface area contributed by atoms with E-state index in [9.17, 15) is 4.79 Å². The van der Waals surface area contributed by atoms with Gasteiger partial charge in [-0.05, 0) is 51.0 Å².